The predicted octanol–water partition coefficient (Wildman–Crippen LogP) is 2.39. The first kappa shape index (κ1) is 12.3. The third-order valence-electron chi connectivity index (χ3n) is 5.60. The third-order valence-corrected chi connectivity index (χ3v) is 5.60. The number of carbonyl (C=O) groups is 1. The molecular weight excluding hydrogens is 238 g/mol. The minimum Gasteiger partial charge on any atom is -0.371 e. The van der Waals surface area contributed by atoms with Crippen LogP contribution in [0.3, 0.4) is 0 Å². The molecule has 0 radical (unpaired) electrons. The van der Waals surface area contributed by atoms with Gasteiger partial charge in [0.1, 0.15) is 5.78 Å². The van der Waals surface area contributed by atoms with Gasteiger partial charge in [-0.3, -0.25) is 9.69 Å². The summed E-state index contributed by atoms with van der Waals surface area (Å²) in [4.78, 5) is 15.5. The molecule has 4 fully saturated rings. The SMILES string of the molecule is CC(C)(C)O[C@H]1CCN2CC3(CC3)C(=O)C3(CC3)[C@H]12. The lowest BCUT2D eigenvalue weighted by Gasteiger charge is -2.44. The average molecular weight is 263 g/mol. The second-order valence-electron chi connectivity index (χ2n) is 8.24. The Morgan fingerprint density at radius 3 is 2.42 bits per heavy atom. The molecule has 0 amide bonds. The molecule has 2 aliphatic heterocycles. The van der Waals surface area contributed by atoms with Crippen LogP contribution in [-0.2, 0) is 9.53 Å². The fourth-order valence-corrected chi connectivity index (χ4v) is 4.60. The molecule has 3 heteroatoms. The van der Waals surface area contributed by atoms with Crippen molar-refractivity contribution in [2.24, 2.45) is 10.8 Å². The van der Waals surface area contributed by atoms with Crippen LogP contribution in [0.4, 0.5) is 0 Å². The summed E-state index contributed by atoms with van der Waals surface area (Å²) in [5.41, 5.74) is -0.0424. The lowest BCUT2D eigenvalue weighted by molar-refractivity contribution is -0.146. The Labute approximate surface area is 115 Å². The van der Waals surface area contributed by atoms with Gasteiger partial charge >= 0.3 is 0 Å². The number of Topliss-reactive ketones (excluding diaryl/α,β-unsaturated/α-hetero) is 1. The topological polar surface area (TPSA) is 29.5 Å². The summed E-state index contributed by atoms with van der Waals surface area (Å²) in [6.07, 6.45) is 5.87. The molecule has 0 bridgehead atoms. The predicted molar refractivity (Wildman–Crippen MR) is 72.9 cm³/mol. The van der Waals surface area contributed by atoms with E-state index in [0.29, 0.717) is 11.8 Å². The van der Waals surface area contributed by atoms with Crippen molar-refractivity contribution in [1.29, 1.82) is 0 Å². The number of fused-ring (bicyclic) bond motifs is 2. The number of ether oxygens (including phenoxy) is 1. The van der Waals surface area contributed by atoms with E-state index in [2.05, 4.69) is 25.7 Å². The normalized spacial score (nSPS) is 38.8. The molecule has 0 unspecified atom stereocenters. The average Bonchev–Trinajstić information content (AvgIpc) is 3.18. The Hall–Kier alpha value is -0.410. The highest BCUT2D eigenvalue weighted by Crippen LogP contribution is 2.66. The summed E-state index contributed by atoms with van der Waals surface area (Å²) in [5.74, 6) is 0.602. The van der Waals surface area contributed by atoms with Crippen LogP contribution in [0, 0.1) is 10.8 Å². The molecule has 3 nitrogen and oxygen atoms in total. The van der Waals surface area contributed by atoms with Crippen molar-refractivity contribution in [3.63, 3.8) is 0 Å². The number of piperidine rings is 1. The van der Waals surface area contributed by atoms with Gasteiger partial charge in [-0.1, -0.05) is 0 Å². The molecule has 2 aliphatic carbocycles. The van der Waals surface area contributed by atoms with E-state index in [1.54, 1.807) is 0 Å². The van der Waals surface area contributed by atoms with Gasteiger partial charge in [0.2, 0.25) is 0 Å². The zero-order valence-corrected chi connectivity index (χ0v) is 12.4. The maximum Gasteiger partial charge on any atom is 0.148 e. The van der Waals surface area contributed by atoms with Gasteiger partial charge in [-0.05, 0) is 52.9 Å². The fourth-order valence-electron chi connectivity index (χ4n) is 4.60. The highest BCUT2D eigenvalue weighted by molar-refractivity contribution is 5.96. The lowest BCUT2D eigenvalue weighted by atomic mass is 9.76. The van der Waals surface area contributed by atoms with Gasteiger partial charge in [-0.25, -0.2) is 0 Å². The molecular formula is C16H25NO2. The number of carbonyl (C=O) groups excluding carboxylic acids is 1. The van der Waals surface area contributed by atoms with Crippen LogP contribution >= 0.6 is 0 Å². The Morgan fingerprint density at radius 1 is 1.21 bits per heavy atom. The Balaban J connectivity index is 1.63. The molecule has 106 valence electrons. The van der Waals surface area contributed by atoms with Gasteiger partial charge in [-0.15, -0.1) is 0 Å². The standard InChI is InChI=1S/C16H25NO2/c1-14(2,3)19-11-4-9-17-10-15(5-6-15)13(18)16(7-8-16)12(11)17/h11-12H,4-10H2,1-3H3/t11-,12-/m0/s1. The van der Waals surface area contributed by atoms with Gasteiger partial charge in [-0.2, -0.15) is 0 Å². The van der Waals surface area contributed by atoms with E-state index in [1.165, 1.54) is 0 Å². The van der Waals surface area contributed by atoms with Crippen LogP contribution in [0.25, 0.3) is 0 Å². The Morgan fingerprint density at radius 2 is 1.89 bits per heavy atom. The quantitative estimate of drug-likeness (QED) is 0.727. The first-order valence-corrected chi connectivity index (χ1v) is 7.83. The number of hydrogen-bond donors (Lipinski definition) is 0. The molecule has 2 heterocycles. The molecule has 0 N–H and O–H groups in total. The number of ketones is 1. The van der Waals surface area contributed by atoms with Crippen molar-refractivity contribution in [2.45, 2.75) is 70.6 Å². The van der Waals surface area contributed by atoms with E-state index < -0.39 is 0 Å². The van der Waals surface area contributed by atoms with E-state index >= 15 is 0 Å². The van der Waals surface area contributed by atoms with E-state index in [0.717, 1.165) is 45.2 Å². The molecule has 2 spiro atoms. The maximum atomic E-state index is 12.9. The zero-order chi connectivity index (χ0) is 13.5. The highest BCUT2D eigenvalue weighted by atomic mass is 16.5. The summed E-state index contributed by atoms with van der Waals surface area (Å²) in [6.45, 7) is 8.53. The minimum atomic E-state index is -0.103. The van der Waals surface area contributed by atoms with Gasteiger partial charge in [0.05, 0.1) is 11.7 Å². The summed E-state index contributed by atoms with van der Waals surface area (Å²) < 4.78 is 6.29. The number of hydrogen-bond acceptors (Lipinski definition) is 3. The summed E-state index contributed by atoms with van der Waals surface area (Å²) >= 11 is 0. The second kappa shape index (κ2) is 3.43. The number of rotatable bonds is 1. The first-order chi connectivity index (χ1) is 8.86. The fraction of sp³-hybridized carbons (Fsp3) is 0.938. The molecule has 0 aromatic heterocycles. The molecule has 2 saturated carbocycles. The molecule has 19 heavy (non-hydrogen) atoms. The first-order valence-electron chi connectivity index (χ1n) is 7.83. The summed E-state index contributed by atoms with van der Waals surface area (Å²) in [7, 11) is 0. The second-order valence-corrected chi connectivity index (χ2v) is 8.24. The molecule has 0 aromatic rings. The van der Waals surface area contributed by atoms with Crippen molar-refractivity contribution in [1.82, 2.24) is 4.90 Å². The van der Waals surface area contributed by atoms with Crippen LogP contribution in [0.2, 0.25) is 0 Å². The van der Waals surface area contributed by atoms with Gasteiger partial charge in [0.15, 0.2) is 0 Å². The lowest BCUT2D eigenvalue weighted by Crippen LogP contribution is -2.57. The van der Waals surface area contributed by atoms with Crippen LogP contribution in [0.15, 0.2) is 0 Å². The monoisotopic (exact) mass is 263 g/mol. The largest absolute Gasteiger partial charge is 0.371 e. The van der Waals surface area contributed by atoms with E-state index in [4.69, 9.17) is 4.74 Å². The van der Waals surface area contributed by atoms with Crippen LogP contribution in [0.1, 0.15) is 52.9 Å². The summed E-state index contributed by atoms with van der Waals surface area (Å²) in [5, 5.41) is 0. The zero-order valence-electron chi connectivity index (χ0n) is 12.4. The minimum absolute atomic E-state index is 0.0127. The Kier molecular flexibility index (Phi) is 2.23. The van der Waals surface area contributed by atoms with E-state index in [9.17, 15) is 4.79 Å². The highest BCUT2D eigenvalue weighted by Gasteiger charge is 2.71. The van der Waals surface area contributed by atoms with Crippen molar-refractivity contribution in [3.05, 3.63) is 0 Å². The molecule has 2 atom stereocenters. The van der Waals surface area contributed by atoms with Crippen LogP contribution in [0.5, 0.6) is 0 Å². The number of nitrogens with zero attached hydrogens (tertiary/aromatic N) is 1. The van der Waals surface area contributed by atoms with Crippen molar-refractivity contribution < 1.29 is 9.53 Å². The van der Waals surface area contributed by atoms with Crippen LogP contribution in [-0.4, -0.2) is 41.5 Å². The smallest absolute Gasteiger partial charge is 0.148 e. The van der Waals surface area contributed by atoms with Crippen molar-refractivity contribution in [3.8, 4) is 0 Å². The van der Waals surface area contributed by atoms with Crippen molar-refractivity contribution in [2.75, 3.05) is 13.1 Å². The molecule has 0 aromatic carbocycles. The molecule has 2 saturated heterocycles. The summed E-state index contributed by atoms with van der Waals surface area (Å²) in [6, 6.07) is 0.380. The Bertz CT molecular complexity index is 429. The maximum absolute atomic E-state index is 12.9. The third kappa shape index (κ3) is 1.67. The molecule has 4 aliphatic rings. The van der Waals surface area contributed by atoms with Crippen LogP contribution < -0.4 is 0 Å². The van der Waals surface area contributed by atoms with Gasteiger partial charge < -0.3 is 4.74 Å². The van der Waals surface area contributed by atoms with E-state index in [1.807, 2.05) is 0 Å². The van der Waals surface area contributed by atoms with Gasteiger partial charge in [0.25, 0.3) is 0 Å². The van der Waals surface area contributed by atoms with Gasteiger partial charge in [0, 0.05) is 30.0 Å². The molecule has 4 rings (SSSR count). The van der Waals surface area contributed by atoms with E-state index in [-0.39, 0.29) is 22.5 Å². The van der Waals surface area contributed by atoms with Crippen molar-refractivity contribution >= 4 is 5.78 Å².